The van der Waals surface area contributed by atoms with Gasteiger partial charge in [0.25, 0.3) is 5.91 Å². The molecule has 0 radical (unpaired) electrons. The van der Waals surface area contributed by atoms with Crippen LogP contribution in [0.2, 0.25) is 0 Å². The van der Waals surface area contributed by atoms with Crippen molar-refractivity contribution < 1.29 is 9.00 Å². The van der Waals surface area contributed by atoms with E-state index >= 15 is 0 Å². The summed E-state index contributed by atoms with van der Waals surface area (Å²) < 4.78 is 11.5. The number of benzene rings is 2. The van der Waals surface area contributed by atoms with Crippen molar-refractivity contribution in [3.05, 3.63) is 59.7 Å². The Morgan fingerprint density at radius 1 is 0.893 bits per heavy atom. The van der Waals surface area contributed by atoms with Gasteiger partial charge in [-0.1, -0.05) is 12.1 Å². The molecule has 4 fully saturated rings. The number of carbonyl (C=O) groups is 1. The highest BCUT2D eigenvalue weighted by Gasteiger charge is 2.51. The zero-order valence-electron chi connectivity index (χ0n) is 16.3. The fraction of sp³-hybridized carbons (Fsp3) is 0.458. The van der Waals surface area contributed by atoms with Crippen LogP contribution in [0.5, 0.6) is 0 Å². The fourth-order valence-electron chi connectivity index (χ4n) is 6.37. The Morgan fingerprint density at radius 2 is 1.43 bits per heavy atom. The molecule has 4 saturated carbocycles. The van der Waals surface area contributed by atoms with Gasteiger partial charge in [0.15, 0.2) is 0 Å². The van der Waals surface area contributed by atoms with Gasteiger partial charge in [-0.05, 0) is 104 Å². The van der Waals surface area contributed by atoms with Gasteiger partial charge in [0.2, 0.25) is 0 Å². The second kappa shape index (κ2) is 6.84. The molecular formula is C24H27NO2S. The van der Waals surface area contributed by atoms with Gasteiger partial charge >= 0.3 is 0 Å². The molecule has 1 N–H and O–H groups in total. The molecule has 0 spiro atoms. The average Bonchev–Trinajstić information content (AvgIpc) is 2.67. The van der Waals surface area contributed by atoms with Crippen LogP contribution in [0.4, 0.5) is 5.69 Å². The first-order valence-electron chi connectivity index (χ1n) is 10.4. The highest BCUT2D eigenvalue weighted by Crippen LogP contribution is 2.60. The van der Waals surface area contributed by atoms with E-state index in [0.717, 1.165) is 28.3 Å². The van der Waals surface area contributed by atoms with Crippen molar-refractivity contribution in [2.45, 2.75) is 48.8 Å². The molecule has 4 aliphatic carbocycles. The minimum Gasteiger partial charge on any atom is -0.322 e. The van der Waals surface area contributed by atoms with Gasteiger partial charge in [-0.3, -0.25) is 9.00 Å². The second-order valence-electron chi connectivity index (χ2n) is 9.21. The number of nitrogens with one attached hydrogen (secondary N) is 1. The molecule has 0 heterocycles. The Labute approximate surface area is 169 Å². The van der Waals surface area contributed by atoms with Crippen LogP contribution in [0.15, 0.2) is 53.4 Å². The zero-order valence-corrected chi connectivity index (χ0v) is 17.1. The predicted octanol–water partition coefficient (Wildman–Crippen LogP) is 5.14. The summed E-state index contributed by atoms with van der Waals surface area (Å²) >= 11 is 0. The van der Waals surface area contributed by atoms with Crippen molar-refractivity contribution in [1.82, 2.24) is 0 Å². The highest BCUT2D eigenvalue weighted by molar-refractivity contribution is 7.84. The summed E-state index contributed by atoms with van der Waals surface area (Å²) in [5.41, 5.74) is 3.28. The van der Waals surface area contributed by atoms with E-state index in [0.29, 0.717) is 11.0 Å². The number of carbonyl (C=O) groups excluding carboxylic acids is 1. The second-order valence-corrected chi connectivity index (χ2v) is 10.6. The molecule has 4 aliphatic rings. The number of rotatable bonds is 4. The van der Waals surface area contributed by atoms with Gasteiger partial charge < -0.3 is 5.32 Å². The summed E-state index contributed by atoms with van der Waals surface area (Å²) in [7, 11) is -1.03. The standard InChI is InChI=1S/C24H27NO2S/c1-28(27)22-8-2-19(3-9-22)23(26)25-21-6-4-20(5-7-21)24-13-16-10-17(14-24)12-18(11-16)15-24/h2-9,16-18H,10-15H2,1H3,(H,25,26). The zero-order chi connectivity index (χ0) is 19.3. The van der Waals surface area contributed by atoms with Gasteiger partial charge in [0.05, 0.1) is 0 Å². The molecule has 2 aromatic carbocycles. The Morgan fingerprint density at radius 3 is 1.93 bits per heavy atom. The van der Waals surface area contributed by atoms with Crippen molar-refractivity contribution in [2.24, 2.45) is 17.8 Å². The smallest absolute Gasteiger partial charge is 0.255 e. The van der Waals surface area contributed by atoms with Crippen LogP contribution < -0.4 is 5.32 Å². The largest absolute Gasteiger partial charge is 0.322 e. The van der Waals surface area contributed by atoms with Crippen molar-refractivity contribution in [1.29, 1.82) is 0 Å². The molecule has 0 aromatic heterocycles. The molecule has 3 nitrogen and oxygen atoms in total. The third-order valence-electron chi connectivity index (χ3n) is 7.24. The van der Waals surface area contributed by atoms with Crippen molar-refractivity contribution in [3.8, 4) is 0 Å². The number of anilines is 1. The van der Waals surface area contributed by atoms with Crippen molar-refractivity contribution >= 4 is 22.4 Å². The number of amides is 1. The maximum atomic E-state index is 12.5. The normalized spacial score (nSPS) is 31.5. The lowest BCUT2D eigenvalue weighted by Crippen LogP contribution is -2.48. The molecule has 1 amide bonds. The molecule has 0 aliphatic heterocycles. The predicted molar refractivity (Wildman–Crippen MR) is 113 cm³/mol. The maximum Gasteiger partial charge on any atom is 0.255 e. The van der Waals surface area contributed by atoms with Gasteiger partial charge in [-0.2, -0.15) is 0 Å². The fourth-order valence-corrected chi connectivity index (χ4v) is 6.89. The first-order chi connectivity index (χ1) is 13.5. The Balaban J connectivity index is 1.30. The molecule has 1 atom stereocenters. The van der Waals surface area contributed by atoms with E-state index in [2.05, 4.69) is 29.6 Å². The van der Waals surface area contributed by atoms with Gasteiger partial charge in [-0.25, -0.2) is 0 Å². The molecule has 4 bridgehead atoms. The Bertz CT molecular complexity index is 881. The lowest BCUT2D eigenvalue weighted by Gasteiger charge is -2.57. The van der Waals surface area contributed by atoms with E-state index in [1.165, 1.54) is 44.1 Å². The topological polar surface area (TPSA) is 46.2 Å². The van der Waals surface area contributed by atoms with E-state index in [1.54, 1.807) is 30.5 Å². The summed E-state index contributed by atoms with van der Waals surface area (Å²) in [6.07, 6.45) is 10.1. The van der Waals surface area contributed by atoms with E-state index in [9.17, 15) is 9.00 Å². The first-order valence-corrected chi connectivity index (χ1v) is 11.9. The quantitative estimate of drug-likeness (QED) is 0.781. The van der Waals surface area contributed by atoms with Crippen LogP contribution in [-0.2, 0) is 16.2 Å². The first kappa shape index (κ1) is 18.1. The summed E-state index contributed by atoms with van der Waals surface area (Å²) in [5, 5.41) is 2.99. The lowest BCUT2D eigenvalue weighted by atomic mass is 9.48. The molecule has 28 heavy (non-hydrogen) atoms. The van der Waals surface area contributed by atoms with Crippen LogP contribution >= 0.6 is 0 Å². The molecule has 146 valence electrons. The SMILES string of the molecule is CS(=O)c1ccc(C(=O)Nc2ccc(C34CC5CC(CC(C5)C3)C4)cc2)cc1. The van der Waals surface area contributed by atoms with Gasteiger partial charge in [0.1, 0.15) is 0 Å². The summed E-state index contributed by atoms with van der Waals surface area (Å²) in [6.45, 7) is 0. The van der Waals surface area contributed by atoms with E-state index < -0.39 is 10.8 Å². The van der Waals surface area contributed by atoms with Crippen LogP contribution in [0, 0.1) is 17.8 Å². The summed E-state index contributed by atoms with van der Waals surface area (Å²) in [6, 6.07) is 15.6. The average molecular weight is 394 g/mol. The van der Waals surface area contributed by atoms with Crippen LogP contribution in [0.1, 0.15) is 54.4 Å². The molecule has 1 unspecified atom stereocenters. The summed E-state index contributed by atoms with van der Waals surface area (Å²) in [5.74, 6) is 2.68. The molecule has 2 aromatic rings. The molecule has 6 rings (SSSR count). The van der Waals surface area contributed by atoms with Gasteiger partial charge in [0, 0.05) is 33.2 Å². The number of hydrogen-bond donors (Lipinski definition) is 1. The number of hydrogen-bond acceptors (Lipinski definition) is 2. The van der Waals surface area contributed by atoms with Crippen LogP contribution in [-0.4, -0.2) is 16.4 Å². The molecule has 4 heteroatoms. The molecular weight excluding hydrogens is 366 g/mol. The van der Waals surface area contributed by atoms with Crippen molar-refractivity contribution in [3.63, 3.8) is 0 Å². The Hall–Kier alpha value is -1.94. The van der Waals surface area contributed by atoms with Crippen molar-refractivity contribution in [2.75, 3.05) is 11.6 Å². The summed E-state index contributed by atoms with van der Waals surface area (Å²) in [4.78, 5) is 13.2. The monoisotopic (exact) mass is 393 g/mol. The van der Waals surface area contributed by atoms with E-state index in [-0.39, 0.29) is 5.91 Å². The van der Waals surface area contributed by atoms with E-state index in [1.807, 2.05) is 0 Å². The lowest BCUT2D eigenvalue weighted by molar-refractivity contribution is -0.00518. The third-order valence-corrected chi connectivity index (χ3v) is 8.18. The van der Waals surface area contributed by atoms with Crippen LogP contribution in [0.3, 0.4) is 0 Å². The minimum absolute atomic E-state index is 0.129. The third kappa shape index (κ3) is 3.22. The van der Waals surface area contributed by atoms with Crippen LogP contribution in [0.25, 0.3) is 0 Å². The Kier molecular flexibility index (Phi) is 4.42. The minimum atomic E-state index is -1.03. The van der Waals surface area contributed by atoms with E-state index in [4.69, 9.17) is 0 Å². The highest BCUT2D eigenvalue weighted by atomic mass is 32.2. The maximum absolute atomic E-state index is 12.5. The molecule has 0 saturated heterocycles. The van der Waals surface area contributed by atoms with Gasteiger partial charge in [-0.15, -0.1) is 0 Å².